The lowest BCUT2D eigenvalue weighted by atomic mass is 10.1. The first-order valence-electron chi connectivity index (χ1n) is 7.85. The van der Waals surface area contributed by atoms with Gasteiger partial charge in [0.15, 0.2) is 0 Å². The maximum absolute atomic E-state index is 12.2. The number of aliphatic carboxylic acids is 1. The van der Waals surface area contributed by atoms with E-state index < -0.39 is 5.97 Å². The van der Waals surface area contributed by atoms with Crippen LogP contribution in [0.5, 0.6) is 0 Å². The average molecular weight is 303 g/mol. The van der Waals surface area contributed by atoms with E-state index in [2.05, 4.69) is 0 Å². The van der Waals surface area contributed by atoms with Crippen LogP contribution in [0.2, 0.25) is 0 Å². The number of hydrogen-bond acceptors (Lipinski definition) is 3. The number of benzene rings is 1. The summed E-state index contributed by atoms with van der Waals surface area (Å²) in [4.78, 5) is 25.1. The van der Waals surface area contributed by atoms with Crippen LogP contribution in [0, 0.1) is 17.8 Å². The quantitative estimate of drug-likeness (QED) is 0.932. The van der Waals surface area contributed by atoms with Crippen molar-refractivity contribution < 1.29 is 19.4 Å². The van der Waals surface area contributed by atoms with Gasteiger partial charge in [0.1, 0.15) is 6.61 Å². The predicted molar refractivity (Wildman–Crippen MR) is 80.2 cm³/mol. The van der Waals surface area contributed by atoms with Gasteiger partial charge in [0.2, 0.25) is 0 Å². The minimum absolute atomic E-state index is 0.0991. The van der Waals surface area contributed by atoms with Gasteiger partial charge in [-0.15, -0.1) is 0 Å². The van der Waals surface area contributed by atoms with E-state index in [4.69, 9.17) is 4.74 Å². The monoisotopic (exact) mass is 303 g/mol. The van der Waals surface area contributed by atoms with Crippen molar-refractivity contribution in [2.24, 2.45) is 17.8 Å². The standard InChI is InChI=1S/C17H21NO4/c19-16(20)15-13-8-4-5-9-18(10-14(13)15)17(21)22-11-12-6-2-1-3-7-12/h1-3,6-7,13-15H,4-5,8-11H2,(H,19,20). The molecule has 1 saturated heterocycles. The number of nitrogens with zero attached hydrogens (tertiary/aromatic N) is 1. The Morgan fingerprint density at radius 2 is 1.95 bits per heavy atom. The summed E-state index contributed by atoms with van der Waals surface area (Å²) in [6.07, 6.45) is 2.53. The van der Waals surface area contributed by atoms with Crippen LogP contribution >= 0.6 is 0 Å². The van der Waals surface area contributed by atoms with E-state index in [0.717, 1.165) is 24.8 Å². The van der Waals surface area contributed by atoms with Crippen LogP contribution in [0.1, 0.15) is 24.8 Å². The summed E-state index contributed by atoms with van der Waals surface area (Å²) in [6.45, 7) is 1.42. The predicted octanol–water partition coefficient (Wildman–Crippen LogP) is 2.76. The Kier molecular flexibility index (Phi) is 4.32. The van der Waals surface area contributed by atoms with Crippen molar-refractivity contribution in [3.63, 3.8) is 0 Å². The Labute approximate surface area is 129 Å². The summed E-state index contributed by atoms with van der Waals surface area (Å²) in [6, 6.07) is 9.57. The lowest BCUT2D eigenvalue weighted by Crippen LogP contribution is -2.35. The highest BCUT2D eigenvalue weighted by molar-refractivity contribution is 5.75. The topological polar surface area (TPSA) is 66.8 Å². The molecule has 0 bridgehead atoms. The fourth-order valence-corrected chi connectivity index (χ4v) is 3.46. The van der Waals surface area contributed by atoms with Gasteiger partial charge in [-0.25, -0.2) is 4.79 Å². The third kappa shape index (κ3) is 3.24. The highest BCUT2D eigenvalue weighted by Crippen LogP contribution is 2.50. The highest BCUT2D eigenvalue weighted by Gasteiger charge is 2.55. The van der Waals surface area contributed by atoms with Gasteiger partial charge in [-0.1, -0.05) is 36.8 Å². The van der Waals surface area contributed by atoms with Gasteiger partial charge in [0.25, 0.3) is 0 Å². The van der Waals surface area contributed by atoms with E-state index in [1.165, 1.54) is 0 Å². The summed E-state index contributed by atoms with van der Waals surface area (Å²) >= 11 is 0. The molecular formula is C17H21NO4. The molecule has 3 atom stereocenters. The molecule has 1 aliphatic heterocycles. The van der Waals surface area contributed by atoms with E-state index in [1.807, 2.05) is 30.3 Å². The number of carbonyl (C=O) groups is 2. The summed E-state index contributed by atoms with van der Waals surface area (Å²) in [7, 11) is 0. The van der Waals surface area contributed by atoms with Crippen molar-refractivity contribution in [2.75, 3.05) is 13.1 Å². The number of rotatable bonds is 3. The Morgan fingerprint density at radius 1 is 1.18 bits per heavy atom. The van der Waals surface area contributed by atoms with Gasteiger partial charge < -0.3 is 14.7 Å². The molecule has 1 aromatic carbocycles. The molecule has 1 heterocycles. The Bertz CT molecular complexity index is 545. The van der Waals surface area contributed by atoms with Gasteiger partial charge in [0.05, 0.1) is 5.92 Å². The molecule has 0 spiro atoms. The molecule has 1 amide bonds. The second-order valence-electron chi connectivity index (χ2n) is 6.17. The number of carbonyl (C=O) groups excluding carboxylic acids is 1. The number of hydrogen-bond donors (Lipinski definition) is 1. The lowest BCUT2D eigenvalue weighted by Gasteiger charge is -2.23. The SMILES string of the molecule is O=C(O)C1C2CCCCN(C(=O)OCc3ccccc3)CC21. The van der Waals surface area contributed by atoms with Crippen molar-refractivity contribution in [1.82, 2.24) is 4.90 Å². The van der Waals surface area contributed by atoms with Crippen molar-refractivity contribution in [3.8, 4) is 0 Å². The van der Waals surface area contributed by atoms with Gasteiger partial charge >= 0.3 is 12.1 Å². The molecule has 2 aliphatic rings. The zero-order valence-electron chi connectivity index (χ0n) is 12.5. The maximum Gasteiger partial charge on any atom is 0.410 e. The number of fused-ring (bicyclic) bond motifs is 1. The molecular weight excluding hydrogens is 282 g/mol. The molecule has 5 nitrogen and oxygen atoms in total. The molecule has 118 valence electrons. The molecule has 1 aromatic rings. The van der Waals surface area contributed by atoms with Crippen molar-refractivity contribution in [2.45, 2.75) is 25.9 Å². The van der Waals surface area contributed by atoms with Gasteiger partial charge in [-0.05, 0) is 30.2 Å². The Hall–Kier alpha value is -2.04. The van der Waals surface area contributed by atoms with E-state index in [9.17, 15) is 14.7 Å². The van der Waals surface area contributed by atoms with Crippen LogP contribution in [0.3, 0.4) is 0 Å². The van der Waals surface area contributed by atoms with Crippen LogP contribution in [0.25, 0.3) is 0 Å². The molecule has 1 saturated carbocycles. The van der Waals surface area contributed by atoms with Crippen LogP contribution in [-0.2, 0) is 16.1 Å². The highest BCUT2D eigenvalue weighted by atomic mass is 16.6. The van der Waals surface area contributed by atoms with Gasteiger partial charge in [0, 0.05) is 13.1 Å². The molecule has 2 fully saturated rings. The van der Waals surface area contributed by atoms with E-state index in [0.29, 0.717) is 13.1 Å². The number of carboxylic acid groups (broad SMARTS) is 1. The van der Waals surface area contributed by atoms with Crippen LogP contribution in [0.4, 0.5) is 4.79 Å². The zero-order valence-corrected chi connectivity index (χ0v) is 12.5. The molecule has 5 heteroatoms. The molecule has 3 unspecified atom stereocenters. The third-order valence-corrected chi connectivity index (χ3v) is 4.73. The minimum Gasteiger partial charge on any atom is -0.481 e. The average Bonchev–Trinajstić information content (AvgIpc) is 3.17. The van der Waals surface area contributed by atoms with E-state index in [-0.39, 0.29) is 30.5 Å². The van der Waals surface area contributed by atoms with Gasteiger partial charge in [-0.3, -0.25) is 4.79 Å². The van der Waals surface area contributed by atoms with E-state index >= 15 is 0 Å². The van der Waals surface area contributed by atoms with E-state index in [1.54, 1.807) is 4.90 Å². The summed E-state index contributed by atoms with van der Waals surface area (Å²) in [5, 5.41) is 9.21. The molecule has 22 heavy (non-hydrogen) atoms. The normalized spacial score (nSPS) is 27.3. The summed E-state index contributed by atoms with van der Waals surface area (Å²) in [5.74, 6) is -0.665. The van der Waals surface area contributed by atoms with Crippen molar-refractivity contribution in [3.05, 3.63) is 35.9 Å². The first-order valence-corrected chi connectivity index (χ1v) is 7.85. The number of likely N-dealkylation sites (tertiary alicyclic amines) is 1. The second kappa shape index (κ2) is 6.38. The number of amides is 1. The largest absolute Gasteiger partial charge is 0.481 e. The first-order chi connectivity index (χ1) is 10.7. The fourth-order valence-electron chi connectivity index (χ4n) is 3.46. The summed E-state index contributed by atoms with van der Waals surface area (Å²) in [5.41, 5.74) is 0.954. The lowest BCUT2D eigenvalue weighted by molar-refractivity contribution is -0.139. The zero-order chi connectivity index (χ0) is 15.5. The maximum atomic E-state index is 12.2. The summed E-state index contributed by atoms with van der Waals surface area (Å²) < 4.78 is 5.37. The van der Waals surface area contributed by atoms with Crippen molar-refractivity contribution >= 4 is 12.1 Å². The second-order valence-corrected chi connectivity index (χ2v) is 6.17. The smallest absolute Gasteiger partial charge is 0.410 e. The van der Waals surface area contributed by atoms with Crippen LogP contribution in [0.15, 0.2) is 30.3 Å². The number of ether oxygens (including phenoxy) is 1. The Balaban J connectivity index is 1.56. The van der Waals surface area contributed by atoms with Crippen LogP contribution in [-0.4, -0.2) is 35.2 Å². The van der Waals surface area contributed by atoms with Gasteiger partial charge in [-0.2, -0.15) is 0 Å². The molecule has 0 radical (unpaired) electrons. The molecule has 0 aromatic heterocycles. The third-order valence-electron chi connectivity index (χ3n) is 4.73. The molecule has 1 N–H and O–H groups in total. The van der Waals surface area contributed by atoms with Crippen molar-refractivity contribution in [1.29, 1.82) is 0 Å². The number of carboxylic acids is 1. The Morgan fingerprint density at radius 3 is 2.68 bits per heavy atom. The van der Waals surface area contributed by atoms with Crippen LogP contribution < -0.4 is 0 Å². The first kappa shape index (κ1) is 14.9. The molecule has 3 rings (SSSR count). The fraction of sp³-hybridized carbons (Fsp3) is 0.529. The minimum atomic E-state index is -0.727. The molecule has 1 aliphatic carbocycles.